The lowest BCUT2D eigenvalue weighted by atomic mass is 10.1. The molecule has 17 heavy (non-hydrogen) atoms. The van der Waals surface area contributed by atoms with Crippen molar-refractivity contribution in [3.8, 4) is 0 Å². The first kappa shape index (κ1) is 12.4. The van der Waals surface area contributed by atoms with Crippen LogP contribution in [0.5, 0.6) is 0 Å². The molecule has 1 aromatic carbocycles. The maximum atomic E-state index is 5.72. The van der Waals surface area contributed by atoms with E-state index in [1.807, 2.05) is 6.07 Å². The molecule has 0 atom stereocenters. The summed E-state index contributed by atoms with van der Waals surface area (Å²) in [5, 5.41) is 3.80. The molecule has 0 spiro atoms. The van der Waals surface area contributed by atoms with E-state index >= 15 is 0 Å². The lowest BCUT2D eigenvalue weighted by Gasteiger charge is -2.07. The Morgan fingerprint density at radius 3 is 2.76 bits per heavy atom. The number of pyridine rings is 1. The zero-order chi connectivity index (χ0) is 12.3. The van der Waals surface area contributed by atoms with Crippen molar-refractivity contribution < 1.29 is 0 Å². The number of hydrogen-bond acceptors (Lipinski definition) is 2. The molecule has 2 nitrogen and oxygen atoms in total. The fraction of sp³-hybridized carbons (Fsp3) is 0.154. The quantitative estimate of drug-likeness (QED) is 0.849. The molecule has 0 unspecified atom stereocenters. The Labute approximate surface area is 114 Å². The predicted molar refractivity (Wildman–Crippen MR) is 75.5 cm³/mol. The van der Waals surface area contributed by atoms with Crippen molar-refractivity contribution in [3.05, 3.63) is 57.3 Å². The molecular weight excluding hydrogens is 300 g/mol. The van der Waals surface area contributed by atoms with E-state index in [1.54, 1.807) is 12.3 Å². The van der Waals surface area contributed by atoms with Crippen molar-refractivity contribution in [2.75, 3.05) is 5.32 Å². The fourth-order valence-electron chi connectivity index (χ4n) is 1.43. The Morgan fingerprint density at radius 1 is 1.29 bits per heavy atom. The largest absolute Gasteiger partial charge is 0.380 e. The molecule has 2 rings (SSSR count). The number of aromatic nitrogens is 1. The maximum absolute atomic E-state index is 5.72. The van der Waals surface area contributed by atoms with Crippen LogP contribution in [0.2, 0.25) is 5.15 Å². The molecule has 1 aromatic heterocycles. The van der Waals surface area contributed by atoms with E-state index in [1.165, 1.54) is 11.1 Å². The molecule has 0 amide bonds. The minimum absolute atomic E-state index is 0.508. The number of nitrogens with zero attached hydrogens (tertiary/aromatic N) is 1. The van der Waals surface area contributed by atoms with Crippen LogP contribution >= 0.6 is 27.5 Å². The number of anilines is 1. The lowest BCUT2D eigenvalue weighted by molar-refractivity contribution is 1.13. The molecule has 1 heterocycles. The van der Waals surface area contributed by atoms with Crippen LogP contribution in [-0.4, -0.2) is 4.98 Å². The number of nitrogens with one attached hydrogen (secondary N) is 1. The summed E-state index contributed by atoms with van der Waals surface area (Å²) in [4.78, 5) is 4.02. The Balaban J connectivity index is 2.02. The molecule has 0 fully saturated rings. The summed E-state index contributed by atoms with van der Waals surface area (Å²) >= 11 is 9.25. The highest BCUT2D eigenvalue weighted by atomic mass is 79.9. The normalized spacial score (nSPS) is 10.3. The van der Waals surface area contributed by atoms with Crippen molar-refractivity contribution >= 4 is 33.2 Å². The maximum Gasteiger partial charge on any atom is 0.129 e. The van der Waals surface area contributed by atoms with Crippen LogP contribution in [0.15, 0.2) is 41.0 Å². The van der Waals surface area contributed by atoms with Crippen LogP contribution < -0.4 is 5.32 Å². The van der Waals surface area contributed by atoms with Crippen molar-refractivity contribution in [2.24, 2.45) is 0 Å². The van der Waals surface area contributed by atoms with Crippen molar-refractivity contribution in [2.45, 2.75) is 13.5 Å². The van der Waals surface area contributed by atoms with E-state index in [0.717, 1.165) is 16.7 Å². The standard InChI is InChI=1S/C13H12BrClN2/c1-9-2-3-10(6-12(9)14)7-16-11-4-5-13(15)17-8-11/h2-6,8,16H,7H2,1H3. The Bertz CT molecular complexity index is 511. The first-order chi connectivity index (χ1) is 8.15. The minimum Gasteiger partial charge on any atom is -0.380 e. The highest BCUT2D eigenvalue weighted by molar-refractivity contribution is 9.10. The summed E-state index contributed by atoms with van der Waals surface area (Å²) in [6.07, 6.45) is 1.73. The lowest BCUT2D eigenvalue weighted by Crippen LogP contribution is -1.99. The average Bonchev–Trinajstić information content (AvgIpc) is 2.33. The van der Waals surface area contributed by atoms with Gasteiger partial charge in [0.05, 0.1) is 11.9 Å². The molecule has 2 aromatic rings. The fourth-order valence-corrected chi connectivity index (χ4v) is 1.97. The Morgan fingerprint density at radius 2 is 2.12 bits per heavy atom. The SMILES string of the molecule is Cc1ccc(CNc2ccc(Cl)nc2)cc1Br. The number of aryl methyl sites for hydroxylation is 1. The molecule has 0 aliphatic rings. The smallest absolute Gasteiger partial charge is 0.129 e. The van der Waals surface area contributed by atoms with E-state index in [0.29, 0.717) is 5.15 Å². The first-order valence-corrected chi connectivity index (χ1v) is 6.43. The zero-order valence-electron chi connectivity index (χ0n) is 9.37. The monoisotopic (exact) mass is 310 g/mol. The Hall–Kier alpha value is -1.06. The topological polar surface area (TPSA) is 24.9 Å². The van der Waals surface area contributed by atoms with E-state index in [-0.39, 0.29) is 0 Å². The third kappa shape index (κ3) is 3.45. The van der Waals surface area contributed by atoms with Gasteiger partial charge in [0.25, 0.3) is 0 Å². The average molecular weight is 312 g/mol. The summed E-state index contributed by atoms with van der Waals surface area (Å²) in [6, 6.07) is 10.0. The molecule has 4 heteroatoms. The summed E-state index contributed by atoms with van der Waals surface area (Å²) in [6.45, 7) is 2.84. The summed E-state index contributed by atoms with van der Waals surface area (Å²) in [5.74, 6) is 0. The second kappa shape index (κ2) is 5.52. The van der Waals surface area contributed by atoms with Gasteiger partial charge in [-0.1, -0.05) is 39.7 Å². The van der Waals surface area contributed by atoms with Gasteiger partial charge in [0.1, 0.15) is 5.15 Å². The van der Waals surface area contributed by atoms with E-state index < -0.39 is 0 Å². The number of halogens is 2. The van der Waals surface area contributed by atoms with E-state index in [2.05, 4.69) is 51.4 Å². The van der Waals surface area contributed by atoms with Gasteiger partial charge in [0.15, 0.2) is 0 Å². The molecule has 0 aliphatic carbocycles. The van der Waals surface area contributed by atoms with Gasteiger partial charge >= 0.3 is 0 Å². The van der Waals surface area contributed by atoms with Crippen molar-refractivity contribution in [1.29, 1.82) is 0 Å². The van der Waals surface area contributed by atoms with Gasteiger partial charge in [0.2, 0.25) is 0 Å². The van der Waals surface area contributed by atoms with Crippen molar-refractivity contribution in [3.63, 3.8) is 0 Å². The van der Waals surface area contributed by atoms with Crippen LogP contribution in [0.25, 0.3) is 0 Å². The molecule has 0 saturated carbocycles. The van der Waals surface area contributed by atoms with Gasteiger partial charge in [-0.25, -0.2) is 4.98 Å². The van der Waals surface area contributed by atoms with Crippen LogP contribution in [0, 0.1) is 6.92 Å². The van der Waals surface area contributed by atoms with E-state index in [4.69, 9.17) is 11.6 Å². The van der Waals surface area contributed by atoms with Crippen LogP contribution in [0.3, 0.4) is 0 Å². The van der Waals surface area contributed by atoms with Gasteiger partial charge in [0, 0.05) is 11.0 Å². The summed E-state index contributed by atoms with van der Waals surface area (Å²) in [5.41, 5.74) is 3.42. The van der Waals surface area contributed by atoms with Crippen LogP contribution in [-0.2, 0) is 6.54 Å². The highest BCUT2D eigenvalue weighted by Gasteiger charge is 1.98. The summed E-state index contributed by atoms with van der Waals surface area (Å²) < 4.78 is 1.13. The van der Waals surface area contributed by atoms with Gasteiger partial charge in [-0.2, -0.15) is 0 Å². The third-order valence-electron chi connectivity index (χ3n) is 2.46. The second-order valence-corrected chi connectivity index (χ2v) is 5.05. The number of benzene rings is 1. The van der Waals surface area contributed by atoms with Gasteiger partial charge in [-0.3, -0.25) is 0 Å². The molecule has 0 aliphatic heterocycles. The second-order valence-electron chi connectivity index (χ2n) is 3.81. The molecule has 0 bridgehead atoms. The van der Waals surface area contributed by atoms with Gasteiger partial charge in [-0.15, -0.1) is 0 Å². The van der Waals surface area contributed by atoms with Crippen LogP contribution in [0.1, 0.15) is 11.1 Å². The number of rotatable bonds is 3. The molecule has 1 N–H and O–H groups in total. The van der Waals surface area contributed by atoms with Crippen LogP contribution in [0.4, 0.5) is 5.69 Å². The predicted octanol–water partition coefficient (Wildman–Crippen LogP) is 4.42. The molecule has 88 valence electrons. The van der Waals surface area contributed by atoms with Crippen molar-refractivity contribution in [1.82, 2.24) is 4.98 Å². The molecular formula is C13H12BrClN2. The molecule has 0 radical (unpaired) electrons. The Kier molecular flexibility index (Phi) is 4.02. The number of hydrogen-bond donors (Lipinski definition) is 1. The zero-order valence-corrected chi connectivity index (χ0v) is 11.7. The first-order valence-electron chi connectivity index (χ1n) is 5.25. The highest BCUT2D eigenvalue weighted by Crippen LogP contribution is 2.18. The minimum atomic E-state index is 0.508. The molecule has 0 saturated heterocycles. The third-order valence-corrected chi connectivity index (χ3v) is 3.54. The van der Waals surface area contributed by atoms with E-state index in [9.17, 15) is 0 Å². The van der Waals surface area contributed by atoms with Gasteiger partial charge in [-0.05, 0) is 36.2 Å². The van der Waals surface area contributed by atoms with Gasteiger partial charge < -0.3 is 5.32 Å². The summed E-state index contributed by atoms with van der Waals surface area (Å²) in [7, 11) is 0.